The third-order valence-corrected chi connectivity index (χ3v) is 3.05. The Balaban J connectivity index is 3.81. The number of nitrogens with one attached hydrogen (secondary N) is 2. The van der Waals surface area contributed by atoms with Crippen molar-refractivity contribution in [3.63, 3.8) is 0 Å². The molecule has 0 aliphatic carbocycles. The van der Waals surface area contributed by atoms with Crippen molar-refractivity contribution in [2.24, 2.45) is 0 Å². The summed E-state index contributed by atoms with van der Waals surface area (Å²) in [6, 6.07) is -0.183. The first-order valence-electron chi connectivity index (χ1n) is 4.88. The van der Waals surface area contributed by atoms with E-state index < -0.39 is 10.2 Å². The van der Waals surface area contributed by atoms with E-state index in [4.69, 9.17) is 9.84 Å². The van der Waals surface area contributed by atoms with Gasteiger partial charge in [0.2, 0.25) is 0 Å². The zero-order valence-corrected chi connectivity index (χ0v) is 10.0. The molecule has 0 aliphatic rings. The van der Waals surface area contributed by atoms with Crippen LogP contribution in [0.2, 0.25) is 0 Å². The molecular formula is C8H20N2O4S. The van der Waals surface area contributed by atoms with Gasteiger partial charge < -0.3 is 9.84 Å². The quantitative estimate of drug-likeness (QED) is 0.461. The highest BCUT2D eigenvalue weighted by molar-refractivity contribution is 7.87. The third-order valence-electron chi connectivity index (χ3n) is 1.75. The lowest BCUT2D eigenvalue weighted by Gasteiger charge is -2.13. The second kappa shape index (κ2) is 8.00. The van der Waals surface area contributed by atoms with E-state index in [0.29, 0.717) is 19.4 Å². The number of rotatable bonds is 9. The molecular weight excluding hydrogens is 220 g/mol. The van der Waals surface area contributed by atoms with Gasteiger partial charge >= 0.3 is 0 Å². The average molecular weight is 240 g/mol. The fourth-order valence-corrected chi connectivity index (χ4v) is 2.12. The lowest BCUT2D eigenvalue weighted by atomic mass is 10.2. The van der Waals surface area contributed by atoms with Gasteiger partial charge in [0.1, 0.15) is 0 Å². The second-order valence-corrected chi connectivity index (χ2v) is 4.81. The first-order chi connectivity index (χ1) is 7.02. The number of aliphatic hydroxyl groups is 1. The van der Waals surface area contributed by atoms with Crippen LogP contribution in [0.4, 0.5) is 0 Å². The molecule has 1 atom stereocenters. The number of methoxy groups -OCH3 is 1. The highest BCUT2D eigenvalue weighted by atomic mass is 32.2. The number of aliphatic hydroxyl groups excluding tert-OH is 1. The summed E-state index contributed by atoms with van der Waals surface area (Å²) >= 11 is 0. The summed E-state index contributed by atoms with van der Waals surface area (Å²) in [7, 11) is -1.94. The maximum Gasteiger partial charge on any atom is 0.277 e. The second-order valence-electron chi connectivity index (χ2n) is 3.28. The monoisotopic (exact) mass is 240 g/mol. The maximum atomic E-state index is 11.3. The Hall–Kier alpha value is -0.210. The van der Waals surface area contributed by atoms with Crippen LogP contribution >= 0.6 is 0 Å². The number of hydrogen-bond acceptors (Lipinski definition) is 4. The predicted octanol–water partition coefficient (Wildman–Crippen LogP) is -0.782. The van der Waals surface area contributed by atoms with Crippen molar-refractivity contribution < 1.29 is 18.3 Å². The molecule has 0 saturated carbocycles. The van der Waals surface area contributed by atoms with Gasteiger partial charge in [-0.15, -0.1) is 0 Å². The Labute approximate surface area is 91.2 Å². The normalized spacial score (nSPS) is 14.1. The smallest absolute Gasteiger partial charge is 0.277 e. The Morgan fingerprint density at radius 1 is 1.47 bits per heavy atom. The zero-order valence-electron chi connectivity index (χ0n) is 9.19. The van der Waals surface area contributed by atoms with Gasteiger partial charge in [0.15, 0.2) is 0 Å². The van der Waals surface area contributed by atoms with Gasteiger partial charge in [-0.2, -0.15) is 17.9 Å². The molecule has 1 unspecified atom stereocenters. The largest absolute Gasteiger partial charge is 0.396 e. The van der Waals surface area contributed by atoms with Crippen LogP contribution in [0.15, 0.2) is 0 Å². The van der Waals surface area contributed by atoms with Gasteiger partial charge in [-0.3, -0.25) is 0 Å². The molecule has 0 amide bonds. The van der Waals surface area contributed by atoms with E-state index in [-0.39, 0.29) is 19.2 Å². The Bertz CT molecular complexity index is 243. The van der Waals surface area contributed by atoms with Crippen LogP contribution in [0.25, 0.3) is 0 Å². The van der Waals surface area contributed by atoms with Gasteiger partial charge in [-0.1, -0.05) is 0 Å². The summed E-state index contributed by atoms with van der Waals surface area (Å²) < 4.78 is 32.2. The van der Waals surface area contributed by atoms with Crippen LogP contribution in [0.5, 0.6) is 0 Å². The molecule has 0 saturated heterocycles. The van der Waals surface area contributed by atoms with E-state index in [1.165, 1.54) is 7.11 Å². The van der Waals surface area contributed by atoms with Crippen molar-refractivity contribution >= 4 is 10.2 Å². The van der Waals surface area contributed by atoms with Crippen molar-refractivity contribution in [2.75, 3.05) is 26.9 Å². The number of hydrogen-bond donors (Lipinski definition) is 3. The molecule has 7 heteroatoms. The molecule has 0 aromatic heterocycles. The minimum absolute atomic E-state index is 0.0726. The molecule has 0 fully saturated rings. The highest BCUT2D eigenvalue weighted by Gasteiger charge is 2.12. The Kier molecular flexibility index (Phi) is 7.89. The van der Waals surface area contributed by atoms with E-state index >= 15 is 0 Å². The van der Waals surface area contributed by atoms with Gasteiger partial charge in [-0.25, -0.2) is 0 Å². The minimum Gasteiger partial charge on any atom is -0.396 e. The van der Waals surface area contributed by atoms with Gasteiger partial charge in [0, 0.05) is 26.3 Å². The minimum atomic E-state index is -3.45. The molecule has 0 bridgehead atoms. The molecule has 0 radical (unpaired) electrons. The Morgan fingerprint density at radius 2 is 2.13 bits per heavy atom. The van der Waals surface area contributed by atoms with Gasteiger partial charge in [0.05, 0.1) is 6.61 Å². The average Bonchev–Trinajstić information content (AvgIpc) is 2.14. The van der Waals surface area contributed by atoms with Gasteiger partial charge in [-0.05, 0) is 19.8 Å². The highest BCUT2D eigenvalue weighted by Crippen LogP contribution is 1.96. The topological polar surface area (TPSA) is 87.7 Å². The molecule has 92 valence electrons. The summed E-state index contributed by atoms with van der Waals surface area (Å²) in [6.07, 6.45) is 1.20. The van der Waals surface area contributed by atoms with Crippen molar-refractivity contribution in [3.05, 3.63) is 0 Å². The van der Waals surface area contributed by atoms with Crippen molar-refractivity contribution in [1.29, 1.82) is 0 Å². The van der Waals surface area contributed by atoms with Crippen LogP contribution in [0, 0.1) is 0 Å². The van der Waals surface area contributed by atoms with Gasteiger partial charge in [0.25, 0.3) is 10.2 Å². The van der Waals surface area contributed by atoms with Crippen LogP contribution in [-0.4, -0.2) is 46.4 Å². The molecule has 3 N–H and O–H groups in total. The van der Waals surface area contributed by atoms with Crippen LogP contribution in [-0.2, 0) is 14.9 Å². The Morgan fingerprint density at radius 3 is 2.67 bits per heavy atom. The van der Waals surface area contributed by atoms with E-state index in [0.717, 1.165) is 0 Å². The van der Waals surface area contributed by atoms with Crippen molar-refractivity contribution in [2.45, 2.75) is 25.8 Å². The van der Waals surface area contributed by atoms with Crippen molar-refractivity contribution in [1.82, 2.24) is 9.44 Å². The van der Waals surface area contributed by atoms with E-state index in [9.17, 15) is 8.42 Å². The SMILES string of the molecule is COCCNS(=O)(=O)NC(C)CCCO. The molecule has 0 aromatic rings. The van der Waals surface area contributed by atoms with Crippen LogP contribution in [0.1, 0.15) is 19.8 Å². The molecule has 15 heavy (non-hydrogen) atoms. The molecule has 0 aliphatic heterocycles. The molecule has 6 nitrogen and oxygen atoms in total. The van der Waals surface area contributed by atoms with Crippen LogP contribution < -0.4 is 9.44 Å². The third kappa shape index (κ3) is 8.76. The summed E-state index contributed by atoms with van der Waals surface area (Å²) in [5.74, 6) is 0. The fourth-order valence-electron chi connectivity index (χ4n) is 1.04. The lowest BCUT2D eigenvalue weighted by Crippen LogP contribution is -2.42. The molecule has 0 rings (SSSR count). The standard InChI is InChI=1S/C8H20N2O4S/c1-8(4-3-6-11)10-15(12,13)9-5-7-14-2/h8-11H,3-7H2,1-2H3. The first-order valence-corrected chi connectivity index (χ1v) is 6.37. The summed E-state index contributed by atoms with van der Waals surface area (Å²) in [5, 5.41) is 8.58. The predicted molar refractivity (Wildman–Crippen MR) is 57.7 cm³/mol. The zero-order chi connectivity index (χ0) is 11.7. The maximum absolute atomic E-state index is 11.3. The summed E-state index contributed by atoms with van der Waals surface area (Å²) in [4.78, 5) is 0. The number of ether oxygens (including phenoxy) is 1. The molecule has 0 spiro atoms. The van der Waals surface area contributed by atoms with E-state index in [1.807, 2.05) is 0 Å². The summed E-state index contributed by atoms with van der Waals surface area (Å²) in [5.41, 5.74) is 0. The van der Waals surface area contributed by atoms with E-state index in [1.54, 1.807) is 6.92 Å². The van der Waals surface area contributed by atoms with Crippen molar-refractivity contribution in [3.8, 4) is 0 Å². The summed E-state index contributed by atoms with van der Waals surface area (Å²) in [6.45, 7) is 2.42. The fraction of sp³-hybridized carbons (Fsp3) is 1.00. The lowest BCUT2D eigenvalue weighted by molar-refractivity contribution is 0.204. The first kappa shape index (κ1) is 14.8. The molecule has 0 aromatic carbocycles. The van der Waals surface area contributed by atoms with Crippen LogP contribution in [0.3, 0.4) is 0 Å². The molecule has 0 heterocycles. The van der Waals surface area contributed by atoms with E-state index in [2.05, 4.69) is 9.44 Å².